The predicted octanol–water partition coefficient (Wildman–Crippen LogP) is 8.24. The standard InChI is InChI=1S/C35H51FN4O2S2/c1-9-10-27(23-43-7)31(36)11-12-32-25(4)19-28(14-17-37-32)40-33-20-29-30(22-38-33)26(21-39-34(29)24(2)3)13-15-35(5,6)16-18-44(8,41)42/h14,17,20-22,24-25,27-28,31H,9-12,16,18-19,23H2,1-8H3,(H,38,40)/t25?,27-,28?,31-/m1/s1. The van der Waals surface area contributed by atoms with Crippen molar-refractivity contribution in [3.8, 4) is 11.8 Å². The molecule has 242 valence electrons. The summed E-state index contributed by atoms with van der Waals surface area (Å²) in [7, 11) is -3.05. The molecule has 0 aromatic carbocycles. The molecule has 1 N–H and O–H groups in total. The van der Waals surface area contributed by atoms with Gasteiger partial charge in [0.1, 0.15) is 21.8 Å². The molecule has 9 heteroatoms. The fraction of sp³-hybridized carbons (Fsp3) is 0.629. The number of hydrogen-bond donors (Lipinski definition) is 1. The maximum Gasteiger partial charge on any atom is 0.147 e. The highest BCUT2D eigenvalue weighted by atomic mass is 32.2. The average Bonchev–Trinajstić information content (AvgIpc) is 3.12. The average molecular weight is 643 g/mol. The molecule has 0 amide bonds. The van der Waals surface area contributed by atoms with Crippen LogP contribution in [0.3, 0.4) is 0 Å². The maximum absolute atomic E-state index is 15.1. The summed E-state index contributed by atoms with van der Waals surface area (Å²) in [4.78, 5) is 14.3. The van der Waals surface area contributed by atoms with Crippen LogP contribution in [0.5, 0.6) is 0 Å². The van der Waals surface area contributed by atoms with Crippen molar-refractivity contribution < 1.29 is 12.8 Å². The molecular formula is C35H51FN4O2S2. The van der Waals surface area contributed by atoms with Crippen molar-refractivity contribution >= 4 is 43.9 Å². The summed E-state index contributed by atoms with van der Waals surface area (Å²) in [5, 5.41) is 5.52. The van der Waals surface area contributed by atoms with Crippen LogP contribution in [0.25, 0.3) is 10.8 Å². The minimum atomic E-state index is -3.05. The highest BCUT2D eigenvalue weighted by molar-refractivity contribution is 7.98. The van der Waals surface area contributed by atoms with Crippen molar-refractivity contribution in [1.82, 2.24) is 9.97 Å². The summed E-state index contributed by atoms with van der Waals surface area (Å²) in [6, 6.07) is 2.09. The van der Waals surface area contributed by atoms with Crippen molar-refractivity contribution in [2.45, 2.75) is 98.2 Å². The van der Waals surface area contributed by atoms with Gasteiger partial charge in [-0.25, -0.2) is 17.8 Å². The molecule has 0 fully saturated rings. The Kier molecular flexibility index (Phi) is 13.3. The fourth-order valence-electron chi connectivity index (χ4n) is 5.58. The third-order valence-corrected chi connectivity index (χ3v) is 9.99. The maximum atomic E-state index is 15.1. The second-order valence-electron chi connectivity index (χ2n) is 13.2. The normalized spacial score (nSPS) is 18.8. The van der Waals surface area contributed by atoms with Gasteiger partial charge in [-0.3, -0.25) is 9.98 Å². The van der Waals surface area contributed by atoms with E-state index in [0.717, 1.165) is 58.6 Å². The van der Waals surface area contributed by atoms with Crippen molar-refractivity contribution in [1.29, 1.82) is 0 Å². The highest BCUT2D eigenvalue weighted by Gasteiger charge is 2.24. The Bertz CT molecular complexity index is 1490. The lowest BCUT2D eigenvalue weighted by molar-refractivity contribution is 0.222. The summed E-state index contributed by atoms with van der Waals surface area (Å²) in [6.07, 6.45) is 14.5. The van der Waals surface area contributed by atoms with Gasteiger partial charge in [0.2, 0.25) is 0 Å². The number of aromatic nitrogens is 2. The van der Waals surface area contributed by atoms with Gasteiger partial charge in [-0.15, -0.1) is 0 Å². The zero-order valence-corrected chi connectivity index (χ0v) is 29.4. The largest absolute Gasteiger partial charge is 0.364 e. The van der Waals surface area contributed by atoms with E-state index in [0.29, 0.717) is 19.3 Å². The van der Waals surface area contributed by atoms with E-state index in [2.05, 4.69) is 63.3 Å². The number of rotatable bonds is 14. The first-order valence-corrected chi connectivity index (χ1v) is 19.3. The van der Waals surface area contributed by atoms with Crippen LogP contribution in [-0.2, 0) is 9.84 Å². The van der Waals surface area contributed by atoms with Crippen LogP contribution in [0.4, 0.5) is 10.2 Å². The molecule has 3 heterocycles. The van der Waals surface area contributed by atoms with E-state index in [-0.39, 0.29) is 29.5 Å². The highest BCUT2D eigenvalue weighted by Crippen LogP contribution is 2.30. The number of nitrogens with zero attached hydrogens (tertiary/aromatic N) is 3. The monoisotopic (exact) mass is 642 g/mol. The zero-order valence-electron chi connectivity index (χ0n) is 27.8. The van der Waals surface area contributed by atoms with Crippen LogP contribution in [0.15, 0.2) is 35.7 Å². The number of thioether (sulfide) groups is 1. The number of fused-ring (bicyclic) bond motifs is 1. The number of nitrogens with one attached hydrogen (secondary N) is 1. The summed E-state index contributed by atoms with van der Waals surface area (Å²) in [5.74, 6) is 8.82. The Balaban J connectivity index is 1.75. The van der Waals surface area contributed by atoms with E-state index in [1.807, 2.05) is 26.2 Å². The third kappa shape index (κ3) is 10.9. The number of anilines is 1. The van der Waals surface area contributed by atoms with Gasteiger partial charge in [-0.05, 0) is 87.9 Å². The van der Waals surface area contributed by atoms with Gasteiger partial charge in [0, 0.05) is 52.8 Å². The number of alkyl halides is 1. The van der Waals surface area contributed by atoms with E-state index < -0.39 is 21.4 Å². The van der Waals surface area contributed by atoms with Crippen molar-refractivity contribution in [2.24, 2.45) is 22.2 Å². The second-order valence-corrected chi connectivity index (χ2v) is 16.4. The Labute approximate surface area is 269 Å². The molecule has 0 saturated heterocycles. The Morgan fingerprint density at radius 2 is 1.93 bits per heavy atom. The summed E-state index contributed by atoms with van der Waals surface area (Å²) >= 11 is 1.73. The number of halogens is 1. The van der Waals surface area contributed by atoms with E-state index >= 15 is 4.39 Å². The first kappa shape index (κ1) is 36.0. The quantitative estimate of drug-likeness (QED) is 0.209. The molecule has 3 rings (SSSR count). The van der Waals surface area contributed by atoms with Gasteiger partial charge in [-0.1, -0.05) is 46.0 Å². The lowest BCUT2D eigenvalue weighted by Crippen LogP contribution is -2.24. The summed E-state index contributed by atoms with van der Waals surface area (Å²) in [5.41, 5.74) is 2.36. The second kappa shape index (κ2) is 16.2. The third-order valence-electron chi connectivity index (χ3n) is 8.28. The minimum absolute atomic E-state index is 0.0378. The molecule has 44 heavy (non-hydrogen) atoms. The van der Waals surface area contributed by atoms with E-state index in [4.69, 9.17) is 15.0 Å². The van der Waals surface area contributed by atoms with E-state index in [1.165, 1.54) is 6.26 Å². The number of aliphatic imine (C=N–C) groups is 1. The van der Waals surface area contributed by atoms with Gasteiger partial charge in [0.15, 0.2) is 0 Å². The minimum Gasteiger partial charge on any atom is -0.364 e. The van der Waals surface area contributed by atoms with Gasteiger partial charge in [0.25, 0.3) is 0 Å². The molecule has 6 nitrogen and oxygen atoms in total. The van der Waals surface area contributed by atoms with Crippen molar-refractivity contribution in [3.05, 3.63) is 42.0 Å². The molecule has 1 aliphatic rings. The SMILES string of the molecule is CCC[C@H](CSC)[C@H](F)CCC1=NC=CC(Nc2cc3c(C(C)C)ncc(C#CC(C)(C)CCS(C)(=O)=O)c3cn2)CC1C. The summed E-state index contributed by atoms with van der Waals surface area (Å²) < 4.78 is 38.4. The van der Waals surface area contributed by atoms with Crippen LogP contribution in [0.2, 0.25) is 0 Å². The fourth-order valence-corrected chi connectivity index (χ4v) is 7.27. The molecule has 2 unspecified atom stereocenters. The molecular weight excluding hydrogens is 592 g/mol. The predicted molar refractivity (Wildman–Crippen MR) is 187 cm³/mol. The molecule has 2 aromatic heterocycles. The van der Waals surface area contributed by atoms with Crippen molar-refractivity contribution in [2.75, 3.05) is 29.3 Å². The van der Waals surface area contributed by atoms with Gasteiger partial charge in [-0.2, -0.15) is 11.8 Å². The molecule has 1 aliphatic heterocycles. The van der Waals surface area contributed by atoms with Crippen LogP contribution < -0.4 is 5.32 Å². The molecule has 2 aromatic rings. The molecule has 4 atom stereocenters. The van der Waals surface area contributed by atoms with E-state index in [9.17, 15) is 8.42 Å². The molecule has 0 saturated carbocycles. The van der Waals surface area contributed by atoms with Crippen LogP contribution in [0, 0.1) is 29.1 Å². The number of sulfone groups is 1. The molecule has 0 aliphatic carbocycles. The van der Waals surface area contributed by atoms with Gasteiger partial charge in [0.05, 0.1) is 17.0 Å². The first-order chi connectivity index (χ1) is 20.7. The smallest absolute Gasteiger partial charge is 0.147 e. The number of pyridine rings is 2. The van der Waals surface area contributed by atoms with Crippen LogP contribution in [0.1, 0.15) is 97.2 Å². The Hall–Kier alpha value is -2.44. The Morgan fingerprint density at radius 3 is 2.59 bits per heavy atom. The summed E-state index contributed by atoms with van der Waals surface area (Å²) in [6.45, 7) is 12.5. The first-order valence-electron chi connectivity index (χ1n) is 15.8. The van der Waals surface area contributed by atoms with Crippen molar-refractivity contribution in [3.63, 3.8) is 0 Å². The lowest BCUT2D eigenvalue weighted by atomic mass is 9.90. The molecule has 0 radical (unpaired) electrons. The van der Waals surface area contributed by atoms with Gasteiger partial charge >= 0.3 is 0 Å². The van der Waals surface area contributed by atoms with Crippen LogP contribution in [-0.4, -0.2) is 60.3 Å². The van der Waals surface area contributed by atoms with E-state index in [1.54, 1.807) is 18.0 Å². The number of hydrogen-bond acceptors (Lipinski definition) is 7. The van der Waals surface area contributed by atoms with Gasteiger partial charge < -0.3 is 5.32 Å². The topological polar surface area (TPSA) is 84.3 Å². The van der Waals surface area contributed by atoms with Crippen LogP contribution >= 0.6 is 11.8 Å². The molecule has 0 spiro atoms. The molecule has 0 bridgehead atoms. The lowest BCUT2D eigenvalue weighted by Gasteiger charge is -2.22. The zero-order chi connectivity index (χ0) is 32.5. The Morgan fingerprint density at radius 1 is 1.18 bits per heavy atom.